The van der Waals surface area contributed by atoms with Gasteiger partial charge in [-0.1, -0.05) is 0 Å². The van der Waals surface area contributed by atoms with Crippen molar-refractivity contribution in [3.05, 3.63) is 25.3 Å². The van der Waals surface area contributed by atoms with Crippen LogP contribution < -0.4 is 16.2 Å². The summed E-state index contributed by atoms with van der Waals surface area (Å²) in [6.45, 7) is -1.51. The zero-order valence-corrected chi connectivity index (χ0v) is 23.7. The monoisotopic (exact) mass is 659 g/mol. The van der Waals surface area contributed by atoms with E-state index < -0.39 is 80.4 Å². The van der Waals surface area contributed by atoms with Crippen molar-refractivity contribution >= 4 is 52.1 Å². The summed E-state index contributed by atoms with van der Waals surface area (Å²) in [6.07, 6.45) is -8.62. The topological polar surface area (TPSA) is 289 Å². The van der Waals surface area contributed by atoms with Gasteiger partial charge in [0.1, 0.15) is 48.1 Å². The van der Waals surface area contributed by atoms with E-state index in [9.17, 15) is 23.0 Å². The minimum Gasteiger partial charge on any atom is -0.387 e. The Bertz CT molecular complexity index is 1900. The molecular formula is C20H23FN11O10PS. The maximum atomic E-state index is 15.9. The van der Waals surface area contributed by atoms with E-state index in [0.717, 1.165) is 17.2 Å². The number of phosphoric acid groups is 1. The second-order valence-corrected chi connectivity index (χ2v) is 12.7. The molecule has 9 unspecified atom stereocenters. The number of alkyl halides is 1. The molecular weight excluding hydrogens is 636 g/mol. The number of rotatable bonds is 2. The van der Waals surface area contributed by atoms with Crippen molar-refractivity contribution in [3.8, 4) is 0 Å². The number of imidazole rings is 2. The first kappa shape index (κ1) is 29.2. The van der Waals surface area contributed by atoms with E-state index in [1.807, 2.05) is 0 Å². The number of aliphatic hydroxyl groups excluding tert-OH is 1. The molecule has 0 aromatic carbocycles. The van der Waals surface area contributed by atoms with E-state index in [-0.39, 0.29) is 34.0 Å². The van der Waals surface area contributed by atoms with Crippen LogP contribution in [0.15, 0.2) is 25.3 Å². The van der Waals surface area contributed by atoms with Crippen LogP contribution >= 0.6 is 7.82 Å². The van der Waals surface area contributed by atoms with Crippen molar-refractivity contribution in [1.29, 1.82) is 0 Å². The largest absolute Gasteiger partial charge is 0.472 e. The number of aliphatic hydroxyl groups is 1. The quantitative estimate of drug-likeness (QED) is 0.146. The third-order valence-corrected chi connectivity index (χ3v) is 9.24. The average Bonchev–Trinajstić information content (AvgIpc) is 3.73. The lowest BCUT2D eigenvalue weighted by Gasteiger charge is -2.24. The van der Waals surface area contributed by atoms with Gasteiger partial charge in [0.2, 0.25) is 0 Å². The van der Waals surface area contributed by atoms with Crippen molar-refractivity contribution in [2.45, 2.75) is 49.1 Å². The number of nitrogen functional groups attached to an aromatic ring is 2. The third kappa shape index (κ3) is 4.95. The number of phosphoric ester groups is 1. The predicted molar refractivity (Wildman–Crippen MR) is 141 cm³/mol. The number of anilines is 2. The maximum absolute atomic E-state index is 15.9. The van der Waals surface area contributed by atoms with Gasteiger partial charge in [0, 0.05) is 6.54 Å². The average molecular weight is 660 g/mol. The number of hydrogen-bond acceptors (Lipinski definition) is 17. The molecule has 4 aromatic rings. The fourth-order valence-corrected chi connectivity index (χ4v) is 7.11. The molecule has 0 saturated carbocycles. The molecule has 3 aliphatic heterocycles. The van der Waals surface area contributed by atoms with Crippen molar-refractivity contribution in [3.63, 3.8) is 0 Å². The Kier molecular flexibility index (Phi) is 7.00. The van der Waals surface area contributed by atoms with Gasteiger partial charge in [-0.3, -0.25) is 18.2 Å². The highest BCUT2D eigenvalue weighted by atomic mass is 32.2. The molecule has 3 saturated heterocycles. The lowest BCUT2D eigenvalue weighted by Crippen LogP contribution is -2.43. The van der Waals surface area contributed by atoms with Crippen LogP contribution in [-0.2, 0) is 37.6 Å². The summed E-state index contributed by atoms with van der Waals surface area (Å²) >= 11 is 0. The zero-order chi connectivity index (χ0) is 31.0. The van der Waals surface area contributed by atoms with E-state index >= 15 is 4.39 Å². The van der Waals surface area contributed by atoms with Gasteiger partial charge in [0.05, 0.1) is 19.3 Å². The molecule has 24 heteroatoms. The molecule has 7 rings (SSSR count). The zero-order valence-electron chi connectivity index (χ0n) is 22.0. The van der Waals surface area contributed by atoms with E-state index in [4.69, 9.17) is 34.2 Å². The van der Waals surface area contributed by atoms with E-state index in [0.29, 0.717) is 0 Å². The molecule has 0 aliphatic carbocycles. The van der Waals surface area contributed by atoms with Gasteiger partial charge in [0.25, 0.3) is 0 Å². The van der Waals surface area contributed by atoms with Crippen LogP contribution in [0.2, 0.25) is 0 Å². The normalized spacial score (nSPS) is 36.1. The lowest BCUT2D eigenvalue weighted by molar-refractivity contribution is -0.0536. The highest BCUT2D eigenvalue weighted by molar-refractivity contribution is 7.84. The molecule has 2 bridgehead atoms. The van der Waals surface area contributed by atoms with Gasteiger partial charge in [-0.25, -0.2) is 43.0 Å². The molecule has 3 fully saturated rings. The van der Waals surface area contributed by atoms with E-state index in [1.54, 1.807) is 0 Å². The Morgan fingerprint density at radius 1 is 0.932 bits per heavy atom. The van der Waals surface area contributed by atoms with E-state index in [2.05, 4.69) is 34.6 Å². The summed E-state index contributed by atoms with van der Waals surface area (Å²) in [5.74, 6) is 0.0331. The highest BCUT2D eigenvalue weighted by Gasteiger charge is 2.53. The van der Waals surface area contributed by atoms with Crippen molar-refractivity contribution in [2.75, 3.05) is 24.6 Å². The number of hydrogen-bond donors (Lipinski definition) is 5. The standard InChI is InChI=1S/C20H23FN11O10PS/c21-9-13-7(39-19(9)31-5-28-10-15(22)24-3-26-17(10)31)1-30-44(36,37)42-14-12(33)8(2-38-43(34,35)41-13)40-20(14)32-6-29-11-16(23)25-4-27-18(11)32/h3-9,12-14,19-20,30,33H,1-2H2,(H,34,35)(H2,22,24,26)(H2,23,25,27). The Morgan fingerprint density at radius 3 is 2.16 bits per heavy atom. The van der Waals surface area contributed by atoms with E-state index in [1.165, 1.54) is 17.2 Å². The van der Waals surface area contributed by atoms with Gasteiger partial charge in [-0.2, -0.15) is 13.1 Å². The van der Waals surface area contributed by atoms with Crippen LogP contribution in [0.4, 0.5) is 16.0 Å². The van der Waals surface area contributed by atoms with Crippen molar-refractivity contribution < 1.29 is 50.1 Å². The molecule has 0 amide bonds. The number of halogens is 1. The fourth-order valence-electron chi connectivity index (χ4n) is 5.22. The SMILES string of the molecule is Nc1ncnc2c1ncn2C1OC2CNS(=O)(=O)OC3C(O)C(COP(=O)(O)OC2C1F)OC3n1cnc2c(N)ncnc21. The van der Waals surface area contributed by atoms with Gasteiger partial charge >= 0.3 is 18.1 Å². The van der Waals surface area contributed by atoms with Gasteiger partial charge in [-0.15, -0.1) is 0 Å². The molecule has 7 heterocycles. The Labute approximate surface area is 245 Å². The van der Waals surface area contributed by atoms with Gasteiger partial charge < -0.3 is 30.9 Å². The Balaban J connectivity index is 1.20. The first-order valence-electron chi connectivity index (χ1n) is 12.7. The molecule has 236 valence electrons. The van der Waals surface area contributed by atoms with Crippen molar-refractivity contribution in [1.82, 2.24) is 43.8 Å². The number of nitrogens with one attached hydrogen (secondary N) is 1. The molecule has 4 aromatic heterocycles. The maximum Gasteiger partial charge on any atom is 0.472 e. The molecule has 3 aliphatic rings. The van der Waals surface area contributed by atoms with Gasteiger partial charge in [-0.05, 0) is 0 Å². The molecule has 9 atom stereocenters. The summed E-state index contributed by atoms with van der Waals surface area (Å²) in [5, 5.41) is 11.0. The first-order chi connectivity index (χ1) is 20.9. The number of aromatic nitrogens is 8. The number of nitrogens with two attached hydrogens (primary N) is 2. The lowest BCUT2D eigenvalue weighted by atomic mass is 10.1. The second kappa shape index (κ2) is 10.5. The molecule has 44 heavy (non-hydrogen) atoms. The van der Waals surface area contributed by atoms with Crippen LogP contribution in [0.25, 0.3) is 22.3 Å². The predicted octanol–water partition coefficient (Wildman–Crippen LogP) is -1.94. The summed E-state index contributed by atoms with van der Waals surface area (Å²) < 4.78 is 86.7. The van der Waals surface area contributed by atoms with Crippen LogP contribution in [0, 0.1) is 0 Å². The Morgan fingerprint density at radius 2 is 1.52 bits per heavy atom. The minimum atomic E-state index is -5.09. The van der Waals surface area contributed by atoms with Gasteiger partial charge in [0.15, 0.2) is 47.7 Å². The third-order valence-electron chi connectivity index (χ3n) is 7.26. The Hall–Kier alpha value is -3.51. The summed E-state index contributed by atoms with van der Waals surface area (Å²) in [4.78, 5) is 34.5. The number of fused-ring (bicyclic) bond motifs is 5. The fraction of sp³-hybridized carbons (Fsp3) is 0.500. The minimum absolute atomic E-state index is 0.0103. The molecule has 7 N–H and O–H groups in total. The molecule has 21 nitrogen and oxygen atoms in total. The number of ether oxygens (including phenoxy) is 2. The van der Waals surface area contributed by atoms with Crippen LogP contribution in [0.5, 0.6) is 0 Å². The highest BCUT2D eigenvalue weighted by Crippen LogP contribution is 2.50. The van der Waals surface area contributed by atoms with Crippen LogP contribution in [-0.4, -0.2) is 107 Å². The smallest absolute Gasteiger partial charge is 0.387 e. The first-order valence-corrected chi connectivity index (χ1v) is 15.7. The summed E-state index contributed by atoms with van der Waals surface area (Å²) in [5.41, 5.74) is 12.1. The number of nitrogens with zero attached hydrogens (tertiary/aromatic N) is 8. The van der Waals surface area contributed by atoms with Crippen LogP contribution in [0.1, 0.15) is 12.5 Å². The summed E-state index contributed by atoms with van der Waals surface area (Å²) in [6, 6.07) is 0. The second-order valence-electron chi connectivity index (χ2n) is 9.93. The molecule has 0 radical (unpaired) electrons. The molecule has 0 spiro atoms. The summed E-state index contributed by atoms with van der Waals surface area (Å²) in [7, 11) is -9.83. The van der Waals surface area contributed by atoms with Crippen molar-refractivity contribution in [2.24, 2.45) is 0 Å². The van der Waals surface area contributed by atoms with Crippen LogP contribution in [0.3, 0.4) is 0 Å².